The Labute approximate surface area is 129 Å². The van der Waals surface area contributed by atoms with E-state index in [1.54, 1.807) is 23.2 Å². The van der Waals surface area contributed by atoms with E-state index in [2.05, 4.69) is 10.3 Å². The van der Waals surface area contributed by atoms with Crippen molar-refractivity contribution >= 4 is 45.2 Å². The Morgan fingerprint density at radius 2 is 2.33 bits per heavy atom. The summed E-state index contributed by atoms with van der Waals surface area (Å²) in [4.78, 5) is 29.5. The number of amides is 2. The highest BCUT2D eigenvalue weighted by molar-refractivity contribution is 7.21. The number of pyridine rings is 1. The van der Waals surface area contributed by atoms with Gasteiger partial charge in [-0.2, -0.15) is 0 Å². The summed E-state index contributed by atoms with van der Waals surface area (Å²) in [6, 6.07) is 3.21. The molecule has 0 aromatic carbocycles. The van der Waals surface area contributed by atoms with E-state index >= 15 is 0 Å². The highest BCUT2D eigenvalue weighted by Crippen LogP contribution is 2.31. The van der Waals surface area contributed by atoms with Gasteiger partial charge in [0, 0.05) is 19.3 Å². The fraction of sp³-hybridized carbons (Fsp3) is 0.308. The third kappa shape index (κ3) is 2.79. The van der Waals surface area contributed by atoms with Crippen LogP contribution in [0.5, 0.6) is 0 Å². The predicted molar refractivity (Wildman–Crippen MR) is 80.1 cm³/mol. The van der Waals surface area contributed by atoms with E-state index in [4.69, 9.17) is 16.7 Å². The number of hydrogen-bond acceptors (Lipinski definition) is 4. The van der Waals surface area contributed by atoms with Gasteiger partial charge in [-0.15, -0.1) is 11.3 Å². The number of nitrogens with one attached hydrogen (secondary N) is 1. The molecule has 3 heterocycles. The first-order valence-electron chi connectivity index (χ1n) is 6.37. The molecule has 0 radical (unpaired) electrons. The third-order valence-corrected chi connectivity index (χ3v) is 4.95. The van der Waals surface area contributed by atoms with Crippen LogP contribution in [0.3, 0.4) is 0 Å². The second kappa shape index (κ2) is 5.50. The van der Waals surface area contributed by atoms with E-state index in [1.165, 1.54) is 11.3 Å². The monoisotopic (exact) mass is 325 g/mol. The fourth-order valence-electron chi connectivity index (χ4n) is 2.41. The quantitative estimate of drug-likeness (QED) is 0.888. The van der Waals surface area contributed by atoms with Gasteiger partial charge in [-0.3, -0.25) is 9.78 Å². The lowest BCUT2D eigenvalue weighted by molar-refractivity contribution is 0.0793. The minimum atomic E-state index is -1.06. The zero-order valence-electron chi connectivity index (χ0n) is 10.9. The van der Waals surface area contributed by atoms with Gasteiger partial charge >= 0.3 is 6.09 Å². The number of aromatic nitrogens is 1. The number of thiophene rings is 1. The molecule has 1 aliphatic rings. The van der Waals surface area contributed by atoms with Crippen molar-refractivity contribution in [2.24, 2.45) is 0 Å². The molecule has 0 saturated carbocycles. The van der Waals surface area contributed by atoms with Crippen LogP contribution in [0.1, 0.15) is 16.1 Å². The highest BCUT2D eigenvalue weighted by atomic mass is 35.5. The van der Waals surface area contributed by atoms with Gasteiger partial charge < -0.3 is 15.3 Å². The Hall–Kier alpha value is -1.86. The van der Waals surface area contributed by atoms with Crippen molar-refractivity contribution in [1.29, 1.82) is 0 Å². The molecule has 1 atom stereocenters. The minimum absolute atomic E-state index is 0.108. The van der Waals surface area contributed by atoms with Crippen LogP contribution in [0.25, 0.3) is 10.2 Å². The van der Waals surface area contributed by atoms with E-state index < -0.39 is 6.09 Å². The molecule has 2 amide bonds. The molecular formula is C13H12ClN3O3S. The van der Waals surface area contributed by atoms with E-state index in [-0.39, 0.29) is 11.9 Å². The minimum Gasteiger partial charge on any atom is -0.465 e. The fourth-order valence-corrected chi connectivity index (χ4v) is 3.66. The smallest absolute Gasteiger partial charge is 0.404 e. The van der Waals surface area contributed by atoms with Crippen LogP contribution in [-0.4, -0.2) is 46.1 Å². The summed E-state index contributed by atoms with van der Waals surface area (Å²) in [7, 11) is 0. The Kier molecular flexibility index (Phi) is 3.69. The molecule has 8 heteroatoms. The summed E-state index contributed by atoms with van der Waals surface area (Å²) < 4.78 is 0.793. The average molecular weight is 326 g/mol. The predicted octanol–water partition coefficient (Wildman–Crippen LogP) is 2.43. The van der Waals surface area contributed by atoms with Gasteiger partial charge in [0.15, 0.2) is 0 Å². The molecule has 2 aromatic rings. The van der Waals surface area contributed by atoms with Crippen LogP contribution in [0.2, 0.25) is 5.02 Å². The number of rotatable bonds is 2. The number of fused-ring (bicyclic) bond motifs is 1. The average Bonchev–Trinajstić information content (AvgIpc) is 3.04. The molecule has 3 rings (SSSR count). The Morgan fingerprint density at radius 3 is 3.05 bits per heavy atom. The number of carboxylic acid groups (broad SMARTS) is 1. The largest absolute Gasteiger partial charge is 0.465 e. The van der Waals surface area contributed by atoms with Gasteiger partial charge in [0.05, 0.1) is 26.2 Å². The van der Waals surface area contributed by atoms with Gasteiger partial charge in [0.2, 0.25) is 0 Å². The van der Waals surface area contributed by atoms with Crippen molar-refractivity contribution in [3.63, 3.8) is 0 Å². The third-order valence-electron chi connectivity index (χ3n) is 3.38. The summed E-state index contributed by atoms with van der Waals surface area (Å²) in [6.45, 7) is 0.930. The molecule has 1 aliphatic heterocycles. The summed E-state index contributed by atoms with van der Waals surface area (Å²) >= 11 is 7.40. The first kappa shape index (κ1) is 14.1. The maximum atomic E-state index is 12.4. The molecule has 21 heavy (non-hydrogen) atoms. The van der Waals surface area contributed by atoms with Crippen molar-refractivity contribution in [3.8, 4) is 0 Å². The molecule has 6 nitrogen and oxygen atoms in total. The number of carbonyl (C=O) groups excluding carboxylic acids is 1. The topological polar surface area (TPSA) is 82.5 Å². The Bertz CT molecular complexity index is 718. The number of nitrogens with zero attached hydrogens (tertiary/aromatic N) is 2. The summed E-state index contributed by atoms with van der Waals surface area (Å²) in [5, 5.41) is 11.7. The first-order valence-corrected chi connectivity index (χ1v) is 7.57. The lowest BCUT2D eigenvalue weighted by Crippen LogP contribution is -2.37. The molecule has 110 valence electrons. The van der Waals surface area contributed by atoms with Gasteiger partial charge in [0.1, 0.15) is 0 Å². The number of carbonyl (C=O) groups is 2. The van der Waals surface area contributed by atoms with Crippen LogP contribution < -0.4 is 5.32 Å². The lowest BCUT2D eigenvalue weighted by Gasteiger charge is -2.15. The second-order valence-electron chi connectivity index (χ2n) is 4.80. The molecule has 2 N–H and O–H groups in total. The van der Waals surface area contributed by atoms with Crippen LogP contribution in [0.15, 0.2) is 18.3 Å². The van der Waals surface area contributed by atoms with Crippen molar-refractivity contribution < 1.29 is 14.7 Å². The maximum Gasteiger partial charge on any atom is 0.404 e. The summed E-state index contributed by atoms with van der Waals surface area (Å²) in [6.07, 6.45) is 1.17. The van der Waals surface area contributed by atoms with Crippen molar-refractivity contribution in [2.45, 2.75) is 12.5 Å². The summed E-state index contributed by atoms with van der Waals surface area (Å²) in [5.41, 5.74) is 0.704. The van der Waals surface area contributed by atoms with Crippen LogP contribution in [0, 0.1) is 0 Å². The van der Waals surface area contributed by atoms with Crippen LogP contribution in [-0.2, 0) is 0 Å². The van der Waals surface area contributed by atoms with Crippen molar-refractivity contribution in [1.82, 2.24) is 15.2 Å². The molecule has 0 spiro atoms. The standard InChI is InChI=1S/C13H12ClN3O3S/c14-8-1-3-15-9-5-10(21-11(8)9)12(18)17-4-2-7(6-17)16-13(19)20/h1,3,5,7,16H,2,4,6H2,(H,19,20). The molecule has 0 aliphatic carbocycles. The maximum absolute atomic E-state index is 12.4. The van der Waals surface area contributed by atoms with Crippen LogP contribution >= 0.6 is 22.9 Å². The number of likely N-dealkylation sites (tertiary alicyclic amines) is 1. The van der Waals surface area contributed by atoms with Gasteiger partial charge in [0.25, 0.3) is 5.91 Å². The zero-order valence-corrected chi connectivity index (χ0v) is 12.4. The highest BCUT2D eigenvalue weighted by Gasteiger charge is 2.29. The molecule has 1 fully saturated rings. The molecular weight excluding hydrogens is 314 g/mol. The normalized spacial score (nSPS) is 18.1. The van der Waals surface area contributed by atoms with Crippen LogP contribution in [0.4, 0.5) is 4.79 Å². The lowest BCUT2D eigenvalue weighted by atomic mass is 10.3. The number of halogens is 1. The summed E-state index contributed by atoms with van der Waals surface area (Å²) in [5.74, 6) is -0.108. The molecule has 1 unspecified atom stereocenters. The van der Waals surface area contributed by atoms with Gasteiger partial charge in [-0.1, -0.05) is 11.6 Å². The first-order chi connectivity index (χ1) is 10.0. The molecule has 2 aromatic heterocycles. The molecule has 0 bridgehead atoms. The Morgan fingerprint density at radius 1 is 1.52 bits per heavy atom. The second-order valence-corrected chi connectivity index (χ2v) is 6.26. The van der Waals surface area contributed by atoms with E-state index in [0.29, 0.717) is 34.9 Å². The SMILES string of the molecule is O=C(O)NC1CCN(C(=O)c2cc3nccc(Cl)c3s2)C1. The Balaban J connectivity index is 1.78. The van der Waals surface area contributed by atoms with E-state index in [9.17, 15) is 9.59 Å². The van der Waals surface area contributed by atoms with Gasteiger partial charge in [-0.05, 0) is 18.6 Å². The van der Waals surface area contributed by atoms with Gasteiger partial charge in [-0.25, -0.2) is 4.79 Å². The van der Waals surface area contributed by atoms with Crippen molar-refractivity contribution in [3.05, 3.63) is 28.2 Å². The van der Waals surface area contributed by atoms with E-state index in [0.717, 1.165) is 4.70 Å². The number of hydrogen-bond donors (Lipinski definition) is 2. The van der Waals surface area contributed by atoms with Crippen molar-refractivity contribution in [2.75, 3.05) is 13.1 Å². The molecule has 1 saturated heterocycles. The zero-order chi connectivity index (χ0) is 15.0. The van der Waals surface area contributed by atoms with E-state index in [1.807, 2.05) is 0 Å².